The van der Waals surface area contributed by atoms with Crippen LogP contribution >= 0.6 is 0 Å². The van der Waals surface area contributed by atoms with E-state index in [0.717, 1.165) is 25.7 Å². The molecule has 1 amide bonds. The number of morpholine rings is 1. The highest BCUT2D eigenvalue weighted by Gasteiger charge is 2.38. The van der Waals surface area contributed by atoms with Crippen molar-refractivity contribution in [2.45, 2.75) is 56.7 Å². The first-order chi connectivity index (χ1) is 10.2. The number of likely N-dealkylation sites (tertiary alicyclic amines) is 1. The van der Waals surface area contributed by atoms with E-state index < -0.39 is 12.0 Å². The maximum absolute atomic E-state index is 12.6. The van der Waals surface area contributed by atoms with Crippen LogP contribution in [0.5, 0.6) is 0 Å². The lowest BCUT2D eigenvalue weighted by atomic mass is 9.90. The monoisotopic (exact) mass is 296 g/mol. The maximum atomic E-state index is 12.6. The van der Waals surface area contributed by atoms with Gasteiger partial charge in [0.1, 0.15) is 6.04 Å². The van der Waals surface area contributed by atoms with E-state index in [-0.39, 0.29) is 24.6 Å². The molecule has 6 heteroatoms. The molecule has 2 unspecified atom stereocenters. The summed E-state index contributed by atoms with van der Waals surface area (Å²) in [7, 11) is 0. The van der Waals surface area contributed by atoms with Crippen molar-refractivity contribution in [2.24, 2.45) is 0 Å². The molecule has 3 aliphatic rings. The van der Waals surface area contributed by atoms with Crippen molar-refractivity contribution in [3.05, 3.63) is 0 Å². The van der Waals surface area contributed by atoms with Gasteiger partial charge in [-0.05, 0) is 32.2 Å². The minimum Gasteiger partial charge on any atom is -0.480 e. The van der Waals surface area contributed by atoms with Gasteiger partial charge in [0.2, 0.25) is 5.91 Å². The number of rotatable bonds is 3. The van der Waals surface area contributed by atoms with Crippen molar-refractivity contribution in [3.63, 3.8) is 0 Å². The third kappa shape index (κ3) is 3.06. The van der Waals surface area contributed by atoms with E-state index in [4.69, 9.17) is 4.74 Å². The number of carboxylic acids is 1. The van der Waals surface area contributed by atoms with Crippen molar-refractivity contribution in [1.29, 1.82) is 0 Å². The molecule has 0 aromatic rings. The minimum absolute atomic E-state index is 0.0725. The predicted molar refractivity (Wildman–Crippen MR) is 75.9 cm³/mol. The highest BCUT2D eigenvalue weighted by molar-refractivity contribution is 5.80. The summed E-state index contributed by atoms with van der Waals surface area (Å²) in [5, 5.41) is 9.21. The van der Waals surface area contributed by atoms with Gasteiger partial charge in [-0.3, -0.25) is 14.5 Å². The summed E-state index contributed by atoms with van der Waals surface area (Å²) in [5.74, 6) is -0.735. The largest absolute Gasteiger partial charge is 0.480 e. The number of carbonyl (C=O) groups is 2. The Morgan fingerprint density at radius 1 is 1.10 bits per heavy atom. The molecule has 21 heavy (non-hydrogen) atoms. The number of hydrogen-bond acceptors (Lipinski definition) is 4. The molecular weight excluding hydrogens is 272 g/mol. The topological polar surface area (TPSA) is 70.1 Å². The van der Waals surface area contributed by atoms with Crippen LogP contribution in [0.4, 0.5) is 0 Å². The highest BCUT2D eigenvalue weighted by atomic mass is 16.5. The van der Waals surface area contributed by atoms with Gasteiger partial charge in [-0.1, -0.05) is 12.8 Å². The fourth-order valence-electron chi connectivity index (χ4n) is 3.97. The van der Waals surface area contributed by atoms with Gasteiger partial charge in [0.05, 0.1) is 25.3 Å². The summed E-state index contributed by atoms with van der Waals surface area (Å²) in [5.41, 5.74) is 0. The molecule has 0 spiro atoms. The Balaban J connectivity index is 1.62. The van der Waals surface area contributed by atoms with Crippen LogP contribution in [0.15, 0.2) is 0 Å². The smallest absolute Gasteiger partial charge is 0.320 e. The number of nitrogens with zero attached hydrogens (tertiary/aromatic N) is 2. The predicted octanol–water partition coefficient (Wildman–Crippen LogP) is 0.705. The minimum atomic E-state index is -0.808. The quantitative estimate of drug-likeness (QED) is 0.830. The molecule has 1 saturated carbocycles. The Kier molecular flexibility index (Phi) is 4.45. The normalized spacial score (nSPS) is 33.7. The van der Waals surface area contributed by atoms with Gasteiger partial charge in [0.25, 0.3) is 0 Å². The number of carboxylic acid groups (broad SMARTS) is 1. The third-order valence-electron chi connectivity index (χ3n) is 5.04. The van der Waals surface area contributed by atoms with E-state index in [1.165, 1.54) is 6.42 Å². The van der Waals surface area contributed by atoms with Gasteiger partial charge in [-0.25, -0.2) is 0 Å². The van der Waals surface area contributed by atoms with Crippen LogP contribution in [0, 0.1) is 0 Å². The Labute approximate surface area is 125 Å². The van der Waals surface area contributed by atoms with Crippen LogP contribution < -0.4 is 0 Å². The van der Waals surface area contributed by atoms with E-state index in [2.05, 4.69) is 0 Å². The summed E-state index contributed by atoms with van der Waals surface area (Å²) in [6.45, 7) is 2.20. The van der Waals surface area contributed by atoms with Crippen molar-refractivity contribution in [3.8, 4) is 0 Å². The van der Waals surface area contributed by atoms with E-state index in [0.29, 0.717) is 26.1 Å². The lowest BCUT2D eigenvalue weighted by Gasteiger charge is -2.44. The van der Waals surface area contributed by atoms with Gasteiger partial charge >= 0.3 is 5.97 Å². The molecule has 6 nitrogen and oxygen atoms in total. The summed E-state index contributed by atoms with van der Waals surface area (Å²) >= 11 is 0. The van der Waals surface area contributed by atoms with Crippen LogP contribution in [0.1, 0.15) is 38.5 Å². The van der Waals surface area contributed by atoms with Crippen molar-refractivity contribution in [1.82, 2.24) is 9.80 Å². The maximum Gasteiger partial charge on any atom is 0.320 e. The van der Waals surface area contributed by atoms with Crippen LogP contribution in [-0.4, -0.2) is 71.2 Å². The molecule has 3 atom stereocenters. The molecule has 0 aromatic heterocycles. The second kappa shape index (κ2) is 6.32. The fraction of sp³-hybridized carbons (Fsp3) is 0.867. The fourth-order valence-corrected chi connectivity index (χ4v) is 3.97. The van der Waals surface area contributed by atoms with Crippen molar-refractivity contribution in [2.75, 3.05) is 26.2 Å². The molecule has 2 heterocycles. The number of hydrogen-bond donors (Lipinski definition) is 1. The molecule has 3 fully saturated rings. The number of amides is 1. The first kappa shape index (κ1) is 14.8. The summed E-state index contributed by atoms with van der Waals surface area (Å²) in [4.78, 5) is 27.6. The van der Waals surface area contributed by atoms with Gasteiger partial charge in [0, 0.05) is 6.54 Å². The van der Waals surface area contributed by atoms with Crippen LogP contribution in [-0.2, 0) is 14.3 Å². The Morgan fingerprint density at radius 2 is 1.90 bits per heavy atom. The summed E-state index contributed by atoms with van der Waals surface area (Å²) in [6, 6.07) is -0.289. The number of aliphatic carboxylic acids is 1. The zero-order valence-corrected chi connectivity index (χ0v) is 12.4. The third-order valence-corrected chi connectivity index (χ3v) is 5.04. The molecule has 1 N–H and O–H groups in total. The second-order valence-electron chi connectivity index (χ2n) is 6.31. The SMILES string of the molecule is O=C(O)[C@H]1CCCN1CC(=O)N1CCOC2CCCCC21. The van der Waals surface area contributed by atoms with Crippen LogP contribution in [0.25, 0.3) is 0 Å². The average molecular weight is 296 g/mol. The van der Waals surface area contributed by atoms with E-state index in [1.807, 2.05) is 9.80 Å². The van der Waals surface area contributed by atoms with Gasteiger partial charge in [0.15, 0.2) is 0 Å². The molecule has 0 aromatic carbocycles. The second-order valence-corrected chi connectivity index (χ2v) is 6.31. The molecular formula is C15H24N2O4. The molecule has 118 valence electrons. The summed E-state index contributed by atoms with van der Waals surface area (Å²) in [6.07, 6.45) is 6.07. The lowest BCUT2D eigenvalue weighted by molar-refractivity contribution is -0.152. The van der Waals surface area contributed by atoms with Crippen LogP contribution in [0.3, 0.4) is 0 Å². The molecule has 2 aliphatic heterocycles. The van der Waals surface area contributed by atoms with E-state index in [9.17, 15) is 14.7 Å². The molecule has 0 radical (unpaired) electrons. The molecule has 3 rings (SSSR count). The zero-order chi connectivity index (χ0) is 14.8. The molecule has 2 saturated heterocycles. The Bertz CT molecular complexity index is 412. The van der Waals surface area contributed by atoms with Crippen molar-refractivity contribution >= 4 is 11.9 Å². The number of carbonyl (C=O) groups excluding carboxylic acids is 1. The van der Waals surface area contributed by atoms with Gasteiger partial charge in [-0.2, -0.15) is 0 Å². The summed E-state index contributed by atoms with van der Waals surface area (Å²) < 4.78 is 5.79. The van der Waals surface area contributed by atoms with Gasteiger partial charge < -0.3 is 14.7 Å². The highest BCUT2D eigenvalue weighted by Crippen LogP contribution is 2.29. The van der Waals surface area contributed by atoms with Gasteiger partial charge in [-0.15, -0.1) is 0 Å². The molecule has 1 aliphatic carbocycles. The lowest BCUT2D eigenvalue weighted by Crippen LogP contribution is -2.57. The van der Waals surface area contributed by atoms with Crippen LogP contribution in [0.2, 0.25) is 0 Å². The molecule has 0 bridgehead atoms. The Hall–Kier alpha value is -1.14. The average Bonchev–Trinajstić information content (AvgIpc) is 2.95. The van der Waals surface area contributed by atoms with E-state index in [1.54, 1.807) is 0 Å². The Morgan fingerprint density at radius 3 is 2.71 bits per heavy atom. The van der Waals surface area contributed by atoms with E-state index >= 15 is 0 Å². The number of fused-ring (bicyclic) bond motifs is 1. The van der Waals surface area contributed by atoms with Crippen molar-refractivity contribution < 1.29 is 19.4 Å². The first-order valence-corrected chi connectivity index (χ1v) is 8.05. The standard InChI is InChI=1S/C15H24N2O4/c18-14(10-16-7-3-5-12(16)15(19)20)17-8-9-21-13-6-2-1-4-11(13)17/h11-13H,1-10H2,(H,19,20)/t11?,12-,13?/m1/s1. The number of ether oxygens (including phenoxy) is 1. The zero-order valence-electron chi connectivity index (χ0n) is 12.4. The first-order valence-electron chi connectivity index (χ1n) is 8.05.